The second-order valence-corrected chi connectivity index (χ2v) is 5.26. The van der Waals surface area contributed by atoms with Gasteiger partial charge in [0.15, 0.2) is 6.04 Å². The van der Waals surface area contributed by atoms with Crippen molar-refractivity contribution < 1.29 is 19.6 Å². The molecule has 1 atom stereocenters. The zero-order chi connectivity index (χ0) is 14.0. The first kappa shape index (κ1) is 14.0. The summed E-state index contributed by atoms with van der Waals surface area (Å²) >= 11 is 1.98. The summed E-state index contributed by atoms with van der Waals surface area (Å²) in [5.41, 5.74) is 0.237. The molecule has 8 heteroatoms. The smallest absolute Gasteiger partial charge is 0.328 e. The minimum Gasteiger partial charge on any atom is -0.480 e. The monoisotopic (exact) mass is 378 g/mol. The van der Waals surface area contributed by atoms with Crippen molar-refractivity contribution in [3.63, 3.8) is 0 Å². The molecule has 1 saturated heterocycles. The van der Waals surface area contributed by atoms with Crippen LogP contribution in [0, 0.1) is 13.7 Å². The molecule has 1 fully saturated rings. The van der Waals surface area contributed by atoms with E-state index in [4.69, 9.17) is 9.84 Å². The van der Waals surface area contributed by atoms with Gasteiger partial charge in [-0.15, -0.1) is 0 Å². The highest BCUT2D eigenvalue weighted by atomic mass is 127. The molecule has 0 bridgehead atoms. The van der Waals surface area contributed by atoms with E-state index in [9.17, 15) is 14.9 Å². The Labute approximate surface area is 122 Å². The number of rotatable bonds is 3. The van der Waals surface area contributed by atoms with E-state index in [1.165, 1.54) is 11.0 Å². The number of hydrogen-bond acceptors (Lipinski definition) is 5. The molecule has 0 aromatic heterocycles. The van der Waals surface area contributed by atoms with Crippen LogP contribution in [0.2, 0.25) is 0 Å². The summed E-state index contributed by atoms with van der Waals surface area (Å²) < 4.78 is 5.86. The summed E-state index contributed by atoms with van der Waals surface area (Å²) in [5.74, 6) is -1.05. The normalized spacial score (nSPS) is 19.2. The summed E-state index contributed by atoms with van der Waals surface area (Å²) in [6.07, 6.45) is 0. The van der Waals surface area contributed by atoms with E-state index in [-0.39, 0.29) is 12.3 Å². The van der Waals surface area contributed by atoms with Crippen LogP contribution in [-0.4, -0.2) is 41.8 Å². The van der Waals surface area contributed by atoms with Gasteiger partial charge in [0.1, 0.15) is 5.69 Å². The van der Waals surface area contributed by atoms with E-state index in [1.54, 1.807) is 12.1 Å². The predicted octanol–water partition coefficient (Wildman–Crippen LogP) is 1.49. The summed E-state index contributed by atoms with van der Waals surface area (Å²) in [7, 11) is 0. The van der Waals surface area contributed by atoms with Gasteiger partial charge >= 0.3 is 5.97 Å². The quantitative estimate of drug-likeness (QED) is 0.487. The van der Waals surface area contributed by atoms with Crippen molar-refractivity contribution in [2.24, 2.45) is 0 Å². The molecule has 0 aliphatic carbocycles. The number of carboxylic acid groups (broad SMARTS) is 1. The Kier molecular flexibility index (Phi) is 4.20. The summed E-state index contributed by atoms with van der Waals surface area (Å²) in [4.78, 5) is 23.3. The lowest BCUT2D eigenvalue weighted by Gasteiger charge is -2.34. The average Bonchev–Trinajstić information content (AvgIpc) is 2.38. The van der Waals surface area contributed by atoms with E-state index in [0.29, 0.717) is 18.8 Å². The number of nitro benzene ring substituents is 1. The van der Waals surface area contributed by atoms with E-state index >= 15 is 0 Å². The molecule has 1 N–H and O–H groups in total. The Morgan fingerprint density at radius 1 is 1.58 bits per heavy atom. The van der Waals surface area contributed by atoms with Crippen molar-refractivity contribution in [1.29, 1.82) is 0 Å². The topological polar surface area (TPSA) is 92.9 Å². The zero-order valence-electron chi connectivity index (χ0n) is 9.78. The number of carbonyl (C=O) groups is 1. The highest BCUT2D eigenvalue weighted by Gasteiger charge is 2.33. The van der Waals surface area contributed by atoms with Crippen molar-refractivity contribution in [3.8, 4) is 0 Å². The summed E-state index contributed by atoms with van der Waals surface area (Å²) in [6, 6.07) is 3.84. The minimum absolute atomic E-state index is 0.0263. The maximum absolute atomic E-state index is 11.2. The van der Waals surface area contributed by atoms with Crippen molar-refractivity contribution >= 4 is 39.9 Å². The lowest BCUT2D eigenvalue weighted by molar-refractivity contribution is -0.384. The van der Waals surface area contributed by atoms with Gasteiger partial charge in [-0.25, -0.2) is 4.79 Å². The Morgan fingerprint density at radius 3 is 2.95 bits per heavy atom. The third-order valence-electron chi connectivity index (χ3n) is 2.86. The van der Waals surface area contributed by atoms with Crippen LogP contribution in [0.1, 0.15) is 0 Å². The maximum Gasteiger partial charge on any atom is 0.328 e. The van der Waals surface area contributed by atoms with Gasteiger partial charge in [0.2, 0.25) is 0 Å². The van der Waals surface area contributed by atoms with Crippen molar-refractivity contribution in [2.45, 2.75) is 6.04 Å². The van der Waals surface area contributed by atoms with Crippen LogP contribution < -0.4 is 4.90 Å². The van der Waals surface area contributed by atoms with Crippen LogP contribution in [-0.2, 0) is 9.53 Å². The maximum atomic E-state index is 11.2. The van der Waals surface area contributed by atoms with Crippen LogP contribution in [0.3, 0.4) is 0 Å². The number of nitro groups is 1. The molecule has 1 aromatic carbocycles. The van der Waals surface area contributed by atoms with Gasteiger partial charge in [-0.2, -0.15) is 0 Å². The fourth-order valence-electron chi connectivity index (χ4n) is 1.98. The van der Waals surface area contributed by atoms with Gasteiger partial charge in [-0.05, 0) is 34.7 Å². The van der Waals surface area contributed by atoms with Gasteiger partial charge in [-0.1, -0.05) is 0 Å². The Hall–Kier alpha value is -1.42. The molecule has 0 saturated carbocycles. The second kappa shape index (κ2) is 5.70. The highest BCUT2D eigenvalue weighted by molar-refractivity contribution is 14.1. The number of hydrogen-bond donors (Lipinski definition) is 1. The molecule has 19 heavy (non-hydrogen) atoms. The van der Waals surface area contributed by atoms with Crippen LogP contribution in [0.4, 0.5) is 11.4 Å². The lowest BCUT2D eigenvalue weighted by Crippen LogP contribution is -2.50. The largest absolute Gasteiger partial charge is 0.480 e. The number of anilines is 1. The SMILES string of the molecule is O=C(O)C1COCCN1c1ccc(I)cc1[N+](=O)[O-]. The Bertz CT molecular complexity index is 522. The summed E-state index contributed by atoms with van der Waals surface area (Å²) in [5, 5.41) is 20.3. The molecule has 1 unspecified atom stereocenters. The first-order valence-corrected chi connectivity index (χ1v) is 6.59. The van der Waals surface area contributed by atoms with E-state index in [1.807, 2.05) is 22.6 Å². The van der Waals surface area contributed by atoms with E-state index in [2.05, 4.69) is 0 Å². The molecule has 1 aromatic rings. The summed E-state index contributed by atoms with van der Waals surface area (Å²) in [6.45, 7) is 0.698. The van der Waals surface area contributed by atoms with Crippen molar-refractivity contribution in [1.82, 2.24) is 0 Å². The van der Waals surface area contributed by atoms with Gasteiger partial charge in [0.25, 0.3) is 5.69 Å². The molecule has 0 amide bonds. The number of carboxylic acids is 1. The van der Waals surface area contributed by atoms with Gasteiger partial charge in [-0.3, -0.25) is 10.1 Å². The number of ether oxygens (including phenoxy) is 1. The Morgan fingerprint density at radius 2 is 2.32 bits per heavy atom. The molecule has 7 nitrogen and oxygen atoms in total. The third kappa shape index (κ3) is 2.95. The van der Waals surface area contributed by atoms with E-state index in [0.717, 1.165) is 3.57 Å². The van der Waals surface area contributed by atoms with Crippen LogP contribution in [0.15, 0.2) is 18.2 Å². The molecule has 2 rings (SSSR count). The number of morpholine rings is 1. The van der Waals surface area contributed by atoms with Crippen LogP contribution in [0.5, 0.6) is 0 Å². The molecule has 102 valence electrons. The van der Waals surface area contributed by atoms with Crippen molar-refractivity contribution in [2.75, 3.05) is 24.7 Å². The van der Waals surface area contributed by atoms with Gasteiger partial charge < -0.3 is 14.7 Å². The highest BCUT2D eigenvalue weighted by Crippen LogP contribution is 2.32. The van der Waals surface area contributed by atoms with Gasteiger partial charge in [0, 0.05) is 16.2 Å². The molecular weight excluding hydrogens is 367 g/mol. The molecule has 1 aliphatic heterocycles. The zero-order valence-corrected chi connectivity index (χ0v) is 11.9. The second-order valence-electron chi connectivity index (χ2n) is 4.01. The molecule has 1 heterocycles. The predicted molar refractivity (Wildman–Crippen MR) is 75.4 cm³/mol. The molecular formula is C11H11IN2O5. The number of nitrogens with zero attached hydrogens (tertiary/aromatic N) is 2. The number of halogens is 1. The minimum atomic E-state index is -1.05. The molecule has 1 aliphatic rings. The average molecular weight is 378 g/mol. The van der Waals surface area contributed by atoms with Crippen LogP contribution in [0.25, 0.3) is 0 Å². The Balaban J connectivity index is 2.44. The van der Waals surface area contributed by atoms with E-state index < -0.39 is 16.9 Å². The standard InChI is InChI=1S/C11H11IN2O5/c12-7-1-2-8(9(5-7)14(17)18)13-3-4-19-6-10(13)11(15)16/h1-2,5,10H,3-4,6H2,(H,15,16). The number of aliphatic carboxylic acids is 1. The first-order chi connectivity index (χ1) is 9.00. The number of benzene rings is 1. The first-order valence-electron chi connectivity index (χ1n) is 5.52. The lowest BCUT2D eigenvalue weighted by atomic mass is 10.1. The fourth-order valence-corrected chi connectivity index (χ4v) is 2.46. The molecule has 0 spiro atoms. The van der Waals surface area contributed by atoms with Crippen LogP contribution >= 0.6 is 22.6 Å². The van der Waals surface area contributed by atoms with Crippen molar-refractivity contribution in [3.05, 3.63) is 31.9 Å². The fraction of sp³-hybridized carbons (Fsp3) is 0.364. The third-order valence-corrected chi connectivity index (χ3v) is 3.53. The van der Waals surface area contributed by atoms with Gasteiger partial charge in [0.05, 0.1) is 18.1 Å². The molecule has 0 radical (unpaired) electrons.